The molecule has 1 aliphatic heterocycles. The summed E-state index contributed by atoms with van der Waals surface area (Å²) in [6.07, 6.45) is 2.41. The molecule has 0 saturated carbocycles. The van der Waals surface area contributed by atoms with Gasteiger partial charge < -0.3 is 9.47 Å². The monoisotopic (exact) mass is 433 g/mol. The molecule has 7 heteroatoms. The van der Waals surface area contributed by atoms with E-state index in [-0.39, 0.29) is 10.8 Å². The summed E-state index contributed by atoms with van der Waals surface area (Å²) < 4.78 is 39.5. The van der Waals surface area contributed by atoms with E-state index in [1.54, 1.807) is 31.4 Å². The molecule has 156 valence electrons. The van der Waals surface area contributed by atoms with Crippen LogP contribution in [0.2, 0.25) is 0 Å². The Morgan fingerprint density at radius 2 is 1.83 bits per heavy atom. The molecule has 0 N–H and O–H groups in total. The lowest BCUT2D eigenvalue weighted by Gasteiger charge is -2.40. The van der Waals surface area contributed by atoms with Gasteiger partial charge in [0.05, 0.1) is 18.6 Å². The van der Waals surface area contributed by atoms with E-state index in [0.717, 1.165) is 30.6 Å². The van der Waals surface area contributed by atoms with E-state index in [1.807, 2.05) is 37.3 Å². The first-order valence-corrected chi connectivity index (χ1v) is 11.7. The number of piperidine rings is 1. The van der Waals surface area contributed by atoms with E-state index in [0.29, 0.717) is 18.2 Å². The Morgan fingerprint density at radius 3 is 2.45 bits per heavy atom. The van der Waals surface area contributed by atoms with Crippen LogP contribution in [0, 0.1) is 0 Å². The van der Waals surface area contributed by atoms with Gasteiger partial charge in [0.2, 0.25) is 10.0 Å². The molecule has 0 aromatic heterocycles. The van der Waals surface area contributed by atoms with Crippen LogP contribution >= 0.6 is 12.2 Å². The largest absolute Gasteiger partial charge is 0.497 e. The summed E-state index contributed by atoms with van der Waals surface area (Å²) in [5, 5.41) is 0.340. The van der Waals surface area contributed by atoms with E-state index >= 15 is 0 Å². The molecule has 5 nitrogen and oxygen atoms in total. The summed E-state index contributed by atoms with van der Waals surface area (Å²) in [5.41, 5.74) is 1.03. The lowest BCUT2D eigenvalue weighted by atomic mass is 9.85. The molecule has 1 fully saturated rings. The molecule has 2 unspecified atom stereocenters. The third kappa shape index (κ3) is 4.79. The van der Waals surface area contributed by atoms with Crippen LogP contribution < -0.4 is 4.74 Å². The molecular formula is C22H27NO4S2. The summed E-state index contributed by atoms with van der Waals surface area (Å²) in [5.74, 6) is 0.692. The molecular weight excluding hydrogens is 406 g/mol. The maximum absolute atomic E-state index is 13.4. The number of rotatable bonds is 7. The average Bonchev–Trinajstić information content (AvgIpc) is 2.77. The highest BCUT2D eigenvalue weighted by Gasteiger charge is 2.42. The van der Waals surface area contributed by atoms with Gasteiger partial charge in [-0.3, -0.25) is 0 Å². The Morgan fingerprint density at radius 1 is 1.14 bits per heavy atom. The second-order valence-electron chi connectivity index (χ2n) is 7.06. The summed E-state index contributed by atoms with van der Waals surface area (Å²) in [6.45, 7) is 2.90. The fourth-order valence-corrected chi connectivity index (χ4v) is 5.86. The van der Waals surface area contributed by atoms with E-state index < -0.39 is 16.1 Å². The lowest BCUT2D eigenvalue weighted by Crippen LogP contribution is -2.51. The molecule has 3 rings (SSSR count). The van der Waals surface area contributed by atoms with Gasteiger partial charge in [0.15, 0.2) is 5.05 Å². The number of thiocarbonyl (C=S) groups is 1. The summed E-state index contributed by atoms with van der Waals surface area (Å²) in [4.78, 5) is 0.277. The second-order valence-corrected chi connectivity index (χ2v) is 9.36. The predicted molar refractivity (Wildman–Crippen MR) is 118 cm³/mol. The molecule has 1 saturated heterocycles. The Hall–Kier alpha value is -1.96. The number of hydrogen-bond acceptors (Lipinski definition) is 5. The zero-order valence-corrected chi connectivity index (χ0v) is 18.4. The Balaban J connectivity index is 2.00. The first-order chi connectivity index (χ1) is 14.0. The molecule has 0 aliphatic carbocycles. The van der Waals surface area contributed by atoms with Gasteiger partial charge in [0.25, 0.3) is 0 Å². The van der Waals surface area contributed by atoms with Crippen LogP contribution in [-0.4, -0.2) is 44.1 Å². The summed E-state index contributed by atoms with van der Waals surface area (Å²) >= 11 is 5.61. The minimum Gasteiger partial charge on any atom is -0.497 e. The van der Waals surface area contributed by atoms with Crippen LogP contribution in [0.4, 0.5) is 0 Å². The SMILES string of the molecule is CCCOC(=S)C1C(c2ccc(OC)cc2)CCCN1S(=O)(=O)c1ccccc1. The number of benzene rings is 2. The number of nitrogens with zero attached hydrogens (tertiary/aromatic N) is 1. The normalized spacial score (nSPS) is 20.2. The van der Waals surface area contributed by atoms with Crippen LogP contribution in [0.25, 0.3) is 0 Å². The first kappa shape index (κ1) is 21.7. The van der Waals surface area contributed by atoms with Crippen molar-refractivity contribution in [3.05, 3.63) is 60.2 Å². The third-order valence-electron chi connectivity index (χ3n) is 5.17. The molecule has 0 amide bonds. The minimum atomic E-state index is -3.69. The fraction of sp³-hybridized carbons (Fsp3) is 0.409. The molecule has 0 bridgehead atoms. The molecule has 1 heterocycles. The van der Waals surface area contributed by atoms with Crippen molar-refractivity contribution >= 4 is 27.3 Å². The maximum atomic E-state index is 13.4. The zero-order valence-electron chi connectivity index (χ0n) is 16.8. The number of sulfonamides is 1. The van der Waals surface area contributed by atoms with Crippen molar-refractivity contribution in [2.45, 2.75) is 43.0 Å². The molecule has 0 radical (unpaired) electrons. The smallest absolute Gasteiger partial charge is 0.243 e. The molecule has 2 aromatic rings. The van der Waals surface area contributed by atoms with Gasteiger partial charge in [-0.05, 0) is 61.3 Å². The second kappa shape index (κ2) is 9.69. The highest BCUT2D eigenvalue weighted by Crippen LogP contribution is 2.37. The van der Waals surface area contributed by atoms with Gasteiger partial charge in [0.1, 0.15) is 11.8 Å². The van der Waals surface area contributed by atoms with E-state index in [1.165, 1.54) is 4.31 Å². The van der Waals surface area contributed by atoms with Crippen LogP contribution in [0.1, 0.15) is 37.7 Å². The van der Waals surface area contributed by atoms with Crippen molar-refractivity contribution < 1.29 is 17.9 Å². The van der Waals surface area contributed by atoms with Gasteiger partial charge in [-0.2, -0.15) is 4.31 Å². The van der Waals surface area contributed by atoms with Crippen LogP contribution in [0.3, 0.4) is 0 Å². The van der Waals surface area contributed by atoms with Crippen molar-refractivity contribution in [3.63, 3.8) is 0 Å². The average molecular weight is 434 g/mol. The zero-order chi connectivity index (χ0) is 20.9. The van der Waals surface area contributed by atoms with Crippen LogP contribution in [-0.2, 0) is 14.8 Å². The van der Waals surface area contributed by atoms with E-state index in [4.69, 9.17) is 21.7 Å². The van der Waals surface area contributed by atoms with Crippen molar-refractivity contribution in [2.75, 3.05) is 20.3 Å². The highest BCUT2D eigenvalue weighted by atomic mass is 32.2. The standard InChI is InChI=1S/C22H27NO4S2/c1-3-16-27-22(28)21-20(17-11-13-18(26-2)14-12-17)10-7-15-23(21)29(24,25)19-8-5-4-6-9-19/h4-6,8-9,11-14,20-21H,3,7,10,15-16H2,1-2H3. The lowest BCUT2D eigenvalue weighted by molar-refractivity contribution is 0.221. The van der Waals surface area contributed by atoms with Crippen LogP contribution in [0.15, 0.2) is 59.5 Å². The minimum absolute atomic E-state index is 0.0718. The number of hydrogen-bond donors (Lipinski definition) is 0. The van der Waals surface area contributed by atoms with Gasteiger partial charge in [0, 0.05) is 12.5 Å². The third-order valence-corrected chi connectivity index (χ3v) is 7.42. The molecule has 2 atom stereocenters. The van der Waals surface area contributed by atoms with Gasteiger partial charge in [-0.15, -0.1) is 0 Å². The summed E-state index contributed by atoms with van der Waals surface area (Å²) in [7, 11) is -2.07. The van der Waals surface area contributed by atoms with Crippen molar-refractivity contribution in [1.29, 1.82) is 0 Å². The van der Waals surface area contributed by atoms with Crippen molar-refractivity contribution in [1.82, 2.24) is 4.31 Å². The van der Waals surface area contributed by atoms with Crippen molar-refractivity contribution in [2.24, 2.45) is 0 Å². The number of ether oxygens (including phenoxy) is 2. The van der Waals surface area contributed by atoms with Crippen molar-refractivity contribution in [3.8, 4) is 5.75 Å². The highest BCUT2D eigenvalue weighted by molar-refractivity contribution is 7.89. The topological polar surface area (TPSA) is 55.8 Å². The summed E-state index contributed by atoms with van der Waals surface area (Å²) in [6, 6.07) is 15.8. The quantitative estimate of drug-likeness (QED) is 0.607. The van der Waals surface area contributed by atoms with Gasteiger partial charge in [-0.1, -0.05) is 37.3 Å². The molecule has 1 aliphatic rings. The molecule has 29 heavy (non-hydrogen) atoms. The van der Waals surface area contributed by atoms with Crippen LogP contribution in [0.5, 0.6) is 5.75 Å². The van der Waals surface area contributed by atoms with E-state index in [9.17, 15) is 8.42 Å². The molecule has 0 spiro atoms. The maximum Gasteiger partial charge on any atom is 0.243 e. The Kier molecular flexibility index (Phi) is 7.27. The van der Waals surface area contributed by atoms with Gasteiger partial charge >= 0.3 is 0 Å². The molecule has 2 aromatic carbocycles. The fourth-order valence-electron chi connectivity index (χ4n) is 3.73. The Bertz CT molecular complexity index is 914. The first-order valence-electron chi connectivity index (χ1n) is 9.86. The van der Waals surface area contributed by atoms with Gasteiger partial charge in [-0.25, -0.2) is 8.42 Å². The van der Waals surface area contributed by atoms with E-state index in [2.05, 4.69) is 0 Å². The Labute approximate surface area is 178 Å². The predicted octanol–water partition coefficient (Wildman–Crippen LogP) is 4.39. The number of methoxy groups -OCH3 is 1.